The predicted octanol–water partition coefficient (Wildman–Crippen LogP) is 1.74. The minimum Gasteiger partial charge on any atom is -0.360 e. The second kappa shape index (κ2) is 6.52. The molecule has 1 aromatic heterocycles. The summed E-state index contributed by atoms with van der Waals surface area (Å²) in [6, 6.07) is 3.50. The van der Waals surface area contributed by atoms with Gasteiger partial charge in [-0.05, 0) is 50.1 Å². The molecule has 25 heavy (non-hydrogen) atoms. The van der Waals surface area contributed by atoms with E-state index in [1.54, 1.807) is 24.6 Å². The smallest absolute Gasteiger partial charge is 0.272 e. The third-order valence-corrected chi connectivity index (χ3v) is 4.60. The van der Waals surface area contributed by atoms with Crippen LogP contribution in [0.25, 0.3) is 10.9 Å². The van der Waals surface area contributed by atoms with E-state index < -0.39 is 0 Å². The Hall–Kier alpha value is -2.93. The van der Waals surface area contributed by atoms with Gasteiger partial charge in [-0.15, -0.1) is 0 Å². The Balaban J connectivity index is 1.56. The zero-order valence-corrected chi connectivity index (χ0v) is 13.6. The number of aromatic nitrogens is 1. The molecule has 0 atom stereocenters. The van der Waals surface area contributed by atoms with Gasteiger partial charge >= 0.3 is 0 Å². The van der Waals surface area contributed by atoms with Crippen molar-refractivity contribution in [1.29, 1.82) is 0 Å². The first kappa shape index (κ1) is 15.6. The molecule has 7 nitrogen and oxygen atoms in total. The first-order valence-electron chi connectivity index (χ1n) is 8.39. The van der Waals surface area contributed by atoms with Crippen molar-refractivity contribution in [2.24, 2.45) is 11.0 Å². The molecule has 1 aromatic carbocycles. The van der Waals surface area contributed by atoms with Crippen molar-refractivity contribution >= 4 is 34.6 Å². The lowest BCUT2D eigenvalue weighted by atomic mass is 9.98. The fourth-order valence-corrected chi connectivity index (χ4v) is 3.31. The number of allylic oxidation sites excluding steroid dienone is 1. The van der Waals surface area contributed by atoms with Gasteiger partial charge in [-0.2, -0.15) is 5.10 Å². The molecule has 1 fully saturated rings. The number of hydrogen-bond acceptors (Lipinski definition) is 4. The zero-order valence-electron chi connectivity index (χ0n) is 13.6. The molecular weight excluding hydrogens is 318 g/mol. The van der Waals surface area contributed by atoms with E-state index in [2.05, 4.69) is 26.1 Å². The van der Waals surface area contributed by atoms with Gasteiger partial charge in [0.25, 0.3) is 5.91 Å². The number of anilines is 1. The van der Waals surface area contributed by atoms with E-state index in [0.29, 0.717) is 17.2 Å². The van der Waals surface area contributed by atoms with Crippen molar-refractivity contribution in [2.45, 2.75) is 12.8 Å². The molecule has 2 aliphatic heterocycles. The van der Waals surface area contributed by atoms with Gasteiger partial charge in [-0.3, -0.25) is 9.59 Å². The summed E-state index contributed by atoms with van der Waals surface area (Å²) in [5, 5.41) is 10.8. The van der Waals surface area contributed by atoms with Crippen LogP contribution in [0.1, 0.15) is 28.8 Å². The highest BCUT2D eigenvalue weighted by Crippen LogP contribution is 2.27. The van der Waals surface area contributed by atoms with Gasteiger partial charge in [0.15, 0.2) is 0 Å². The van der Waals surface area contributed by atoms with Crippen LogP contribution in [0, 0.1) is 5.92 Å². The fraction of sp³-hybridized carbons (Fsp3) is 0.278. The van der Waals surface area contributed by atoms with Crippen LogP contribution in [0.2, 0.25) is 0 Å². The largest absolute Gasteiger partial charge is 0.360 e. The molecule has 0 radical (unpaired) electrons. The van der Waals surface area contributed by atoms with Crippen molar-refractivity contribution in [3.63, 3.8) is 0 Å². The third kappa shape index (κ3) is 3.18. The van der Waals surface area contributed by atoms with Gasteiger partial charge in [0.2, 0.25) is 5.91 Å². The van der Waals surface area contributed by atoms with Crippen molar-refractivity contribution in [1.82, 2.24) is 15.7 Å². The maximum atomic E-state index is 12.2. The number of aromatic amines is 1. The fourth-order valence-electron chi connectivity index (χ4n) is 3.31. The molecular formula is C18H19N5O2. The van der Waals surface area contributed by atoms with E-state index in [0.717, 1.165) is 42.4 Å². The molecule has 4 N–H and O–H groups in total. The van der Waals surface area contributed by atoms with E-state index >= 15 is 0 Å². The minimum atomic E-state index is -0.291. The lowest BCUT2D eigenvalue weighted by molar-refractivity contribution is -0.111. The van der Waals surface area contributed by atoms with Crippen molar-refractivity contribution in [2.75, 3.05) is 18.4 Å². The van der Waals surface area contributed by atoms with Crippen LogP contribution in [0.15, 0.2) is 35.6 Å². The number of benzene rings is 1. The standard InChI is InChI=1S/C18H19N5O2/c24-16(2-1-11-3-5-19-6-4-11)22-13-7-14-17-12(9-20-15(17)8-13)10-21-23-18(14)25/h1-2,7-11,19-20H,3-6H2,(H,22,24)(H,23,25)/b2-1-. The van der Waals surface area contributed by atoms with Gasteiger partial charge in [-0.1, -0.05) is 6.08 Å². The second-order valence-corrected chi connectivity index (χ2v) is 6.33. The number of H-pyrrole nitrogens is 1. The molecule has 2 aliphatic rings. The summed E-state index contributed by atoms with van der Waals surface area (Å²) in [4.78, 5) is 27.5. The molecule has 0 bridgehead atoms. The second-order valence-electron chi connectivity index (χ2n) is 6.33. The summed E-state index contributed by atoms with van der Waals surface area (Å²) in [6.07, 6.45) is 9.04. The molecule has 0 aliphatic carbocycles. The van der Waals surface area contributed by atoms with Gasteiger partial charge in [0, 0.05) is 28.4 Å². The highest BCUT2D eigenvalue weighted by atomic mass is 16.2. The van der Waals surface area contributed by atoms with Crippen LogP contribution in [0.4, 0.5) is 5.69 Å². The number of rotatable bonds is 3. The van der Waals surface area contributed by atoms with Gasteiger partial charge in [0.1, 0.15) is 0 Å². The summed E-state index contributed by atoms with van der Waals surface area (Å²) >= 11 is 0. The summed E-state index contributed by atoms with van der Waals surface area (Å²) < 4.78 is 0. The SMILES string of the molecule is O=C(/C=C\C1CCNCC1)Nc1cc2c3c(c[nH]c3c1)C=NNC2=O. The Morgan fingerprint density at radius 3 is 2.96 bits per heavy atom. The first-order chi connectivity index (χ1) is 12.2. The highest BCUT2D eigenvalue weighted by Gasteiger charge is 2.18. The number of amides is 2. The van der Waals surface area contributed by atoms with E-state index in [4.69, 9.17) is 0 Å². The number of nitrogens with zero attached hydrogens (tertiary/aromatic N) is 1. The summed E-state index contributed by atoms with van der Waals surface area (Å²) in [5.41, 5.74) is 5.16. The summed E-state index contributed by atoms with van der Waals surface area (Å²) in [5.74, 6) is -0.0452. The quantitative estimate of drug-likeness (QED) is 0.642. The van der Waals surface area contributed by atoms with Crippen LogP contribution < -0.4 is 16.1 Å². The average Bonchev–Trinajstić information content (AvgIpc) is 2.95. The summed E-state index contributed by atoms with van der Waals surface area (Å²) in [7, 11) is 0. The maximum absolute atomic E-state index is 12.2. The lowest BCUT2D eigenvalue weighted by Crippen LogP contribution is -2.26. The molecule has 1 saturated heterocycles. The summed E-state index contributed by atoms with van der Waals surface area (Å²) in [6.45, 7) is 1.98. The maximum Gasteiger partial charge on any atom is 0.272 e. The number of hydrogen-bond donors (Lipinski definition) is 4. The molecule has 2 amide bonds. The van der Waals surface area contributed by atoms with Gasteiger partial charge < -0.3 is 15.6 Å². The normalized spacial score (nSPS) is 17.7. The Morgan fingerprint density at radius 2 is 2.12 bits per heavy atom. The molecule has 128 valence electrons. The highest BCUT2D eigenvalue weighted by molar-refractivity contribution is 6.15. The predicted molar refractivity (Wildman–Crippen MR) is 96.7 cm³/mol. The van der Waals surface area contributed by atoms with Crippen molar-refractivity contribution in [3.05, 3.63) is 41.6 Å². The van der Waals surface area contributed by atoms with Crippen LogP contribution >= 0.6 is 0 Å². The van der Waals surface area contributed by atoms with Gasteiger partial charge in [-0.25, -0.2) is 5.43 Å². The monoisotopic (exact) mass is 337 g/mol. The molecule has 0 unspecified atom stereocenters. The van der Waals surface area contributed by atoms with Crippen molar-refractivity contribution < 1.29 is 9.59 Å². The number of nitrogens with one attached hydrogen (secondary N) is 4. The van der Waals surface area contributed by atoms with Crippen LogP contribution in [-0.4, -0.2) is 36.1 Å². The molecule has 7 heteroatoms. The number of carbonyl (C=O) groups excluding carboxylic acids is 2. The van der Waals surface area contributed by atoms with Crippen molar-refractivity contribution in [3.8, 4) is 0 Å². The van der Waals surface area contributed by atoms with E-state index in [9.17, 15) is 9.59 Å². The van der Waals surface area contributed by atoms with E-state index in [-0.39, 0.29) is 11.8 Å². The third-order valence-electron chi connectivity index (χ3n) is 4.60. The molecule has 4 rings (SSSR count). The van der Waals surface area contributed by atoms with E-state index in [1.807, 2.05) is 12.1 Å². The molecule has 3 heterocycles. The van der Waals surface area contributed by atoms with Crippen LogP contribution in [-0.2, 0) is 4.79 Å². The Labute approximate surface area is 144 Å². The number of piperidine rings is 1. The number of carbonyl (C=O) groups is 2. The average molecular weight is 337 g/mol. The van der Waals surface area contributed by atoms with Gasteiger partial charge in [0.05, 0.1) is 11.8 Å². The minimum absolute atomic E-state index is 0.192. The van der Waals surface area contributed by atoms with E-state index in [1.165, 1.54) is 0 Å². The van der Waals surface area contributed by atoms with Crippen LogP contribution in [0.3, 0.4) is 0 Å². The Morgan fingerprint density at radius 1 is 1.28 bits per heavy atom. The zero-order chi connectivity index (χ0) is 17.2. The van der Waals surface area contributed by atoms with Crippen LogP contribution in [0.5, 0.6) is 0 Å². The number of hydrazone groups is 1. The molecule has 0 saturated carbocycles. The topological polar surface area (TPSA) is 98.4 Å². The molecule has 0 spiro atoms. The Bertz CT molecular complexity index is 890. The first-order valence-corrected chi connectivity index (χ1v) is 8.39. The lowest BCUT2D eigenvalue weighted by Gasteiger charge is -2.19. The Kier molecular flexibility index (Phi) is 4.07. The molecule has 2 aromatic rings.